The molecule has 1 rings (SSSR count). The van der Waals surface area contributed by atoms with E-state index in [9.17, 15) is 0 Å². The minimum Gasteiger partial charge on any atom is -0.494 e. The topological polar surface area (TPSA) is 73.1 Å². The number of nitrogens with one attached hydrogen (secondary N) is 1. The molecule has 5 nitrogen and oxygen atoms in total. The maximum atomic E-state index is 5.03. The predicted octanol–water partition coefficient (Wildman–Crippen LogP) is -0.229. The van der Waals surface area contributed by atoms with Gasteiger partial charge >= 0.3 is 0 Å². The molecule has 0 radical (unpaired) electrons. The summed E-state index contributed by atoms with van der Waals surface area (Å²) in [7, 11) is 1.55. The minimum absolute atomic E-state index is 0.376. The molecule has 5 heteroatoms. The van der Waals surface area contributed by atoms with Gasteiger partial charge in [-0.05, 0) is 0 Å². The monoisotopic (exact) mass is 140 g/mol. The van der Waals surface area contributed by atoms with Gasteiger partial charge in [0.05, 0.1) is 19.5 Å². The number of rotatable bonds is 2. The molecule has 0 aliphatic heterocycles. The molecule has 0 saturated heterocycles. The van der Waals surface area contributed by atoms with Gasteiger partial charge in [-0.1, -0.05) is 0 Å². The largest absolute Gasteiger partial charge is 0.494 e. The molecule has 0 fully saturated rings. The summed E-state index contributed by atoms with van der Waals surface area (Å²) in [5.74, 6) is 6.01. The lowest BCUT2D eigenvalue weighted by Gasteiger charge is -1.98. The number of hydrogen-bond donors (Lipinski definition) is 2. The second kappa shape index (κ2) is 2.98. The zero-order valence-corrected chi connectivity index (χ0v) is 5.53. The Morgan fingerprint density at radius 2 is 2.10 bits per heavy atom. The van der Waals surface area contributed by atoms with E-state index in [0.717, 1.165) is 0 Å². The Hall–Kier alpha value is -1.36. The van der Waals surface area contributed by atoms with Gasteiger partial charge in [0.15, 0.2) is 5.75 Å². The van der Waals surface area contributed by atoms with Crippen molar-refractivity contribution in [2.75, 3.05) is 12.5 Å². The SMILES string of the molecule is COc1cnc(NN)nc1. The van der Waals surface area contributed by atoms with E-state index in [2.05, 4.69) is 15.4 Å². The van der Waals surface area contributed by atoms with Gasteiger partial charge in [-0.3, -0.25) is 5.43 Å². The Morgan fingerprint density at radius 3 is 2.50 bits per heavy atom. The summed E-state index contributed by atoms with van der Waals surface area (Å²) >= 11 is 0. The van der Waals surface area contributed by atoms with Crippen LogP contribution in [0, 0.1) is 0 Å². The molecule has 1 aromatic heterocycles. The Labute approximate surface area is 58.2 Å². The zero-order valence-electron chi connectivity index (χ0n) is 5.53. The van der Waals surface area contributed by atoms with Crippen LogP contribution in [0.5, 0.6) is 5.75 Å². The van der Waals surface area contributed by atoms with E-state index in [-0.39, 0.29) is 0 Å². The second-order valence-electron chi connectivity index (χ2n) is 1.59. The van der Waals surface area contributed by atoms with E-state index in [1.165, 1.54) is 12.4 Å². The molecule has 0 aliphatic carbocycles. The highest BCUT2D eigenvalue weighted by Crippen LogP contribution is 2.05. The van der Waals surface area contributed by atoms with Gasteiger partial charge in [0.1, 0.15) is 0 Å². The number of nitrogen functional groups attached to an aromatic ring is 1. The fraction of sp³-hybridized carbons (Fsp3) is 0.200. The van der Waals surface area contributed by atoms with Crippen molar-refractivity contribution in [3.8, 4) is 5.75 Å². The smallest absolute Gasteiger partial charge is 0.237 e. The van der Waals surface area contributed by atoms with E-state index in [0.29, 0.717) is 11.7 Å². The molecule has 54 valence electrons. The fourth-order valence-electron chi connectivity index (χ4n) is 0.496. The number of aromatic nitrogens is 2. The average Bonchev–Trinajstić information content (AvgIpc) is 2.05. The van der Waals surface area contributed by atoms with Crippen molar-refractivity contribution in [2.24, 2.45) is 5.84 Å². The van der Waals surface area contributed by atoms with Gasteiger partial charge < -0.3 is 4.74 Å². The predicted molar refractivity (Wildman–Crippen MR) is 36.4 cm³/mol. The van der Waals surface area contributed by atoms with Crippen LogP contribution in [-0.2, 0) is 0 Å². The maximum absolute atomic E-state index is 5.03. The summed E-state index contributed by atoms with van der Waals surface area (Å²) in [6, 6.07) is 0. The van der Waals surface area contributed by atoms with Crippen molar-refractivity contribution in [1.29, 1.82) is 0 Å². The Kier molecular flexibility index (Phi) is 2.01. The second-order valence-corrected chi connectivity index (χ2v) is 1.59. The molecule has 1 heterocycles. The van der Waals surface area contributed by atoms with Gasteiger partial charge in [-0.25, -0.2) is 15.8 Å². The van der Waals surface area contributed by atoms with Crippen LogP contribution in [0.25, 0.3) is 0 Å². The highest BCUT2D eigenvalue weighted by Gasteiger charge is 1.91. The van der Waals surface area contributed by atoms with Crippen LogP contribution in [0.15, 0.2) is 12.4 Å². The van der Waals surface area contributed by atoms with E-state index >= 15 is 0 Å². The highest BCUT2D eigenvalue weighted by molar-refractivity contribution is 5.24. The summed E-state index contributed by atoms with van der Waals surface area (Å²) in [6.45, 7) is 0. The van der Waals surface area contributed by atoms with Gasteiger partial charge in [0, 0.05) is 0 Å². The quantitative estimate of drug-likeness (QED) is 0.438. The summed E-state index contributed by atoms with van der Waals surface area (Å²) in [5, 5.41) is 0. The molecule has 0 aromatic carbocycles. The standard InChI is InChI=1S/C5H8N4O/c1-10-4-2-7-5(9-6)8-3-4/h2-3H,6H2,1H3,(H,7,8,9). The summed E-state index contributed by atoms with van der Waals surface area (Å²) < 4.78 is 4.82. The Morgan fingerprint density at radius 1 is 1.50 bits per heavy atom. The van der Waals surface area contributed by atoms with Crippen molar-refractivity contribution >= 4 is 5.95 Å². The molecule has 0 saturated carbocycles. The summed E-state index contributed by atoms with van der Waals surface area (Å²) in [4.78, 5) is 7.59. The number of hydrazine groups is 1. The summed E-state index contributed by atoms with van der Waals surface area (Å²) in [6.07, 6.45) is 3.06. The molecular weight excluding hydrogens is 132 g/mol. The number of nitrogens with zero attached hydrogens (tertiary/aromatic N) is 2. The number of anilines is 1. The van der Waals surface area contributed by atoms with Crippen LogP contribution < -0.4 is 16.0 Å². The lowest BCUT2D eigenvalue weighted by molar-refractivity contribution is 0.411. The molecule has 0 aliphatic rings. The average molecular weight is 140 g/mol. The van der Waals surface area contributed by atoms with E-state index < -0.39 is 0 Å². The lowest BCUT2D eigenvalue weighted by atomic mass is 10.6. The van der Waals surface area contributed by atoms with Crippen molar-refractivity contribution in [3.63, 3.8) is 0 Å². The van der Waals surface area contributed by atoms with Gasteiger partial charge in [0.2, 0.25) is 5.95 Å². The molecule has 3 N–H and O–H groups in total. The third-order valence-corrected chi connectivity index (χ3v) is 0.993. The number of hydrogen-bond acceptors (Lipinski definition) is 5. The van der Waals surface area contributed by atoms with Gasteiger partial charge in [0.25, 0.3) is 0 Å². The molecule has 10 heavy (non-hydrogen) atoms. The van der Waals surface area contributed by atoms with Crippen molar-refractivity contribution < 1.29 is 4.74 Å². The van der Waals surface area contributed by atoms with Crippen LogP contribution in [0.2, 0.25) is 0 Å². The normalized spacial score (nSPS) is 9.00. The van der Waals surface area contributed by atoms with Crippen molar-refractivity contribution in [2.45, 2.75) is 0 Å². The zero-order chi connectivity index (χ0) is 7.40. The molecule has 0 bridgehead atoms. The van der Waals surface area contributed by atoms with Crippen LogP contribution >= 0.6 is 0 Å². The first kappa shape index (κ1) is 6.76. The highest BCUT2D eigenvalue weighted by atomic mass is 16.5. The first-order valence-electron chi connectivity index (χ1n) is 2.69. The molecule has 0 amide bonds. The Bertz CT molecular complexity index is 174. The van der Waals surface area contributed by atoms with Gasteiger partial charge in [-0.15, -0.1) is 0 Å². The number of ether oxygens (including phenoxy) is 1. The summed E-state index contributed by atoms with van der Waals surface area (Å²) in [5.41, 5.74) is 2.30. The van der Waals surface area contributed by atoms with E-state index in [1.54, 1.807) is 7.11 Å². The Balaban J connectivity index is 2.80. The maximum Gasteiger partial charge on any atom is 0.237 e. The number of methoxy groups -OCH3 is 1. The first-order valence-corrected chi connectivity index (χ1v) is 2.69. The third-order valence-electron chi connectivity index (χ3n) is 0.993. The minimum atomic E-state index is 0.376. The van der Waals surface area contributed by atoms with Crippen LogP contribution in [0.3, 0.4) is 0 Å². The van der Waals surface area contributed by atoms with E-state index in [4.69, 9.17) is 10.6 Å². The third kappa shape index (κ3) is 1.32. The molecule has 0 atom stereocenters. The van der Waals surface area contributed by atoms with Crippen LogP contribution in [-0.4, -0.2) is 17.1 Å². The number of nitrogens with two attached hydrogens (primary N) is 1. The fourth-order valence-corrected chi connectivity index (χ4v) is 0.496. The molecule has 0 spiro atoms. The first-order chi connectivity index (χ1) is 4.86. The molecular formula is C5H8N4O. The lowest BCUT2D eigenvalue weighted by Crippen LogP contribution is -2.09. The van der Waals surface area contributed by atoms with Crippen molar-refractivity contribution in [3.05, 3.63) is 12.4 Å². The van der Waals surface area contributed by atoms with Crippen LogP contribution in [0.4, 0.5) is 5.95 Å². The molecule has 0 unspecified atom stereocenters. The van der Waals surface area contributed by atoms with E-state index in [1.807, 2.05) is 0 Å². The van der Waals surface area contributed by atoms with Crippen LogP contribution in [0.1, 0.15) is 0 Å². The molecule has 1 aromatic rings. The van der Waals surface area contributed by atoms with Crippen molar-refractivity contribution in [1.82, 2.24) is 9.97 Å². The van der Waals surface area contributed by atoms with Gasteiger partial charge in [-0.2, -0.15) is 0 Å².